The van der Waals surface area contributed by atoms with Crippen LogP contribution in [0.4, 0.5) is 18.0 Å². The van der Waals surface area contributed by atoms with Crippen molar-refractivity contribution in [2.45, 2.75) is 6.18 Å². The molecule has 96 valence electrons. The lowest BCUT2D eigenvalue weighted by molar-refractivity contribution is -0.137. The fourth-order valence-corrected chi connectivity index (χ4v) is 1.09. The van der Waals surface area contributed by atoms with E-state index in [1.807, 2.05) is 0 Å². The van der Waals surface area contributed by atoms with Crippen LogP contribution in [0.5, 0.6) is 5.75 Å². The predicted octanol–water partition coefficient (Wildman–Crippen LogP) is 2.77. The Kier molecular flexibility index (Phi) is 4.21. The first-order chi connectivity index (χ1) is 8.34. The van der Waals surface area contributed by atoms with Gasteiger partial charge in [0.2, 0.25) is 0 Å². The Morgan fingerprint density at radius 3 is 2.39 bits per heavy atom. The van der Waals surface area contributed by atoms with Crippen molar-refractivity contribution >= 4 is 6.09 Å². The number of alkyl halides is 3. The first-order valence-corrected chi connectivity index (χ1v) is 4.88. The zero-order valence-electron chi connectivity index (χ0n) is 9.49. The van der Waals surface area contributed by atoms with Gasteiger partial charge >= 0.3 is 12.3 Å². The van der Waals surface area contributed by atoms with Crippen LogP contribution in [0.3, 0.4) is 0 Å². The molecule has 0 saturated carbocycles. The van der Waals surface area contributed by atoms with E-state index in [1.54, 1.807) is 0 Å². The molecule has 18 heavy (non-hydrogen) atoms. The van der Waals surface area contributed by atoms with E-state index < -0.39 is 17.8 Å². The van der Waals surface area contributed by atoms with Crippen LogP contribution in [0.15, 0.2) is 24.3 Å². The zero-order valence-corrected chi connectivity index (χ0v) is 9.49. The van der Waals surface area contributed by atoms with Gasteiger partial charge in [-0.3, -0.25) is 4.90 Å². The van der Waals surface area contributed by atoms with E-state index in [-0.39, 0.29) is 12.3 Å². The summed E-state index contributed by atoms with van der Waals surface area (Å²) in [6.07, 6.45) is -0.139. The monoisotopic (exact) mass is 257 g/mol. The van der Waals surface area contributed by atoms with Crippen LogP contribution in [0.25, 0.3) is 0 Å². The van der Waals surface area contributed by atoms with Crippen molar-refractivity contribution in [3.8, 4) is 18.1 Å². The first kappa shape index (κ1) is 13.9. The summed E-state index contributed by atoms with van der Waals surface area (Å²) in [5, 5.41) is 0. The minimum atomic E-state index is -4.41. The van der Waals surface area contributed by atoms with Crippen LogP contribution >= 0.6 is 0 Å². The van der Waals surface area contributed by atoms with Gasteiger partial charge in [-0.1, -0.05) is 5.92 Å². The SMILES string of the molecule is C#CCN(C)C(=O)Oc1ccc(C(F)(F)F)cc1. The molecule has 3 nitrogen and oxygen atoms in total. The number of nitrogens with zero attached hydrogens (tertiary/aromatic N) is 1. The van der Waals surface area contributed by atoms with Gasteiger partial charge in [0.1, 0.15) is 5.75 Å². The number of hydrogen-bond donors (Lipinski definition) is 0. The molecule has 0 radical (unpaired) electrons. The Hall–Kier alpha value is -2.16. The highest BCUT2D eigenvalue weighted by Gasteiger charge is 2.30. The molecule has 0 aromatic heterocycles. The summed E-state index contributed by atoms with van der Waals surface area (Å²) in [5.74, 6) is 2.26. The van der Waals surface area contributed by atoms with Gasteiger partial charge in [-0.05, 0) is 24.3 Å². The molecule has 1 aromatic carbocycles. The molecule has 0 saturated heterocycles. The van der Waals surface area contributed by atoms with Gasteiger partial charge in [-0.2, -0.15) is 13.2 Å². The number of halogens is 3. The molecule has 0 N–H and O–H groups in total. The first-order valence-electron chi connectivity index (χ1n) is 4.88. The van der Waals surface area contributed by atoms with E-state index in [0.717, 1.165) is 29.2 Å². The Morgan fingerprint density at radius 1 is 1.39 bits per heavy atom. The molecule has 1 rings (SSSR count). The summed E-state index contributed by atoms with van der Waals surface area (Å²) in [6.45, 7) is 0.0550. The van der Waals surface area contributed by atoms with Gasteiger partial charge in [-0.25, -0.2) is 4.79 Å². The van der Waals surface area contributed by atoms with Crippen LogP contribution in [-0.2, 0) is 6.18 Å². The van der Waals surface area contributed by atoms with Crippen LogP contribution in [0.2, 0.25) is 0 Å². The summed E-state index contributed by atoms with van der Waals surface area (Å²) in [5.41, 5.74) is -0.806. The molecule has 0 fully saturated rings. The summed E-state index contributed by atoms with van der Waals surface area (Å²) < 4.78 is 41.6. The quantitative estimate of drug-likeness (QED) is 0.762. The van der Waals surface area contributed by atoms with Crippen molar-refractivity contribution in [1.29, 1.82) is 0 Å². The van der Waals surface area contributed by atoms with Gasteiger partial charge in [-0.15, -0.1) is 6.42 Å². The minimum absolute atomic E-state index is 0.0249. The standard InChI is InChI=1S/C12H10F3NO2/c1-3-8-16(2)11(17)18-10-6-4-9(5-7-10)12(13,14)15/h1,4-7H,8H2,2H3. The van der Waals surface area contributed by atoms with Crippen molar-refractivity contribution in [3.63, 3.8) is 0 Å². The summed E-state index contributed by atoms with van der Waals surface area (Å²) in [4.78, 5) is 12.5. The van der Waals surface area contributed by atoms with Gasteiger partial charge in [0.25, 0.3) is 0 Å². The van der Waals surface area contributed by atoms with Crippen LogP contribution in [0, 0.1) is 12.3 Å². The average molecular weight is 257 g/mol. The lowest BCUT2D eigenvalue weighted by Crippen LogP contribution is -2.29. The number of rotatable bonds is 2. The highest BCUT2D eigenvalue weighted by atomic mass is 19.4. The number of carbonyl (C=O) groups is 1. The lowest BCUT2D eigenvalue weighted by Gasteiger charge is -2.14. The fraction of sp³-hybridized carbons (Fsp3) is 0.250. The summed E-state index contributed by atoms with van der Waals surface area (Å²) >= 11 is 0. The second-order valence-corrected chi connectivity index (χ2v) is 3.45. The topological polar surface area (TPSA) is 29.5 Å². The highest BCUT2D eigenvalue weighted by Crippen LogP contribution is 2.30. The van der Waals surface area contributed by atoms with E-state index in [2.05, 4.69) is 5.92 Å². The Bertz CT molecular complexity index is 460. The maximum atomic E-state index is 12.3. The normalized spacial score (nSPS) is 10.6. The van der Waals surface area contributed by atoms with Crippen LogP contribution in [0.1, 0.15) is 5.56 Å². The Balaban J connectivity index is 2.70. The molecule has 0 heterocycles. The number of terminal acetylenes is 1. The highest BCUT2D eigenvalue weighted by molar-refractivity contribution is 5.70. The number of amides is 1. The van der Waals surface area contributed by atoms with E-state index in [9.17, 15) is 18.0 Å². The molecule has 6 heteroatoms. The molecule has 1 aromatic rings. The molecule has 0 spiro atoms. The third kappa shape index (κ3) is 3.70. The molecule has 0 unspecified atom stereocenters. The van der Waals surface area contributed by atoms with E-state index >= 15 is 0 Å². The molecule has 0 atom stereocenters. The summed E-state index contributed by atoms with van der Waals surface area (Å²) in [6, 6.07) is 3.82. The van der Waals surface area contributed by atoms with Gasteiger partial charge in [0.15, 0.2) is 0 Å². The molecule has 0 aliphatic heterocycles. The van der Waals surface area contributed by atoms with Crippen LogP contribution in [-0.4, -0.2) is 24.6 Å². The maximum absolute atomic E-state index is 12.3. The van der Waals surface area contributed by atoms with E-state index in [1.165, 1.54) is 7.05 Å². The molecule has 1 amide bonds. The second kappa shape index (κ2) is 5.45. The molecule has 0 bridgehead atoms. The molecular formula is C12H10F3NO2. The van der Waals surface area contributed by atoms with Gasteiger partial charge < -0.3 is 4.74 Å². The van der Waals surface area contributed by atoms with E-state index in [4.69, 9.17) is 11.2 Å². The number of carbonyl (C=O) groups excluding carboxylic acids is 1. The van der Waals surface area contributed by atoms with Crippen LogP contribution < -0.4 is 4.74 Å². The Morgan fingerprint density at radius 2 is 1.94 bits per heavy atom. The second-order valence-electron chi connectivity index (χ2n) is 3.45. The van der Waals surface area contributed by atoms with Gasteiger partial charge in [0, 0.05) is 7.05 Å². The number of benzene rings is 1. The van der Waals surface area contributed by atoms with Gasteiger partial charge in [0.05, 0.1) is 12.1 Å². The average Bonchev–Trinajstić information content (AvgIpc) is 2.28. The maximum Gasteiger partial charge on any atom is 0.416 e. The lowest BCUT2D eigenvalue weighted by atomic mass is 10.2. The molecular weight excluding hydrogens is 247 g/mol. The van der Waals surface area contributed by atoms with E-state index in [0.29, 0.717) is 0 Å². The smallest absolute Gasteiger partial charge is 0.410 e. The predicted molar refractivity (Wildman–Crippen MR) is 58.9 cm³/mol. The molecule has 0 aliphatic rings. The number of ether oxygens (including phenoxy) is 1. The minimum Gasteiger partial charge on any atom is -0.410 e. The van der Waals surface area contributed by atoms with Crippen molar-refractivity contribution < 1.29 is 22.7 Å². The fourth-order valence-electron chi connectivity index (χ4n) is 1.09. The summed E-state index contributed by atoms with van der Waals surface area (Å²) in [7, 11) is 1.42. The van der Waals surface area contributed by atoms with Crippen molar-refractivity contribution in [2.24, 2.45) is 0 Å². The third-order valence-electron chi connectivity index (χ3n) is 2.03. The molecule has 0 aliphatic carbocycles. The largest absolute Gasteiger partial charge is 0.416 e. The van der Waals surface area contributed by atoms with Crippen molar-refractivity contribution in [3.05, 3.63) is 29.8 Å². The third-order valence-corrected chi connectivity index (χ3v) is 2.03. The Labute approximate surface area is 102 Å². The zero-order chi connectivity index (χ0) is 13.8. The van der Waals surface area contributed by atoms with Crippen molar-refractivity contribution in [2.75, 3.05) is 13.6 Å². The number of hydrogen-bond acceptors (Lipinski definition) is 2. The van der Waals surface area contributed by atoms with Crippen molar-refractivity contribution in [1.82, 2.24) is 4.90 Å².